The molecule has 0 radical (unpaired) electrons. The van der Waals surface area contributed by atoms with E-state index in [0.717, 1.165) is 12.0 Å². The van der Waals surface area contributed by atoms with E-state index in [0.29, 0.717) is 36.6 Å². The molecular formula is C23H27N3O4S. The first-order valence-corrected chi connectivity index (χ1v) is 11.8. The van der Waals surface area contributed by atoms with Gasteiger partial charge >= 0.3 is 0 Å². The lowest BCUT2D eigenvalue weighted by molar-refractivity contribution is -0.121. The highest BCUT2D eigenvalue weighted by atomic mass is 32.2. The molecule has 2 N–H and O–H groups in total. The lowest BCUT2D eigenvalue weighted by Gasteiger charge is -2.33. The summed E-state index contributed by atoms with van der Waals surface area (Å²) >= 11 is 0. The normalized spacial score (nSPS) is 20.2. The Balaban J connectivity index is 1.53. The molecule has 0 unspecified atom stereocenters. The number of nitrogens with one attached hydrogen (secondary N) is 1. The average Bonchev–Trinajstić information content (AvgIpc) is 3.00. The van der Waals surface area contributed by atoms with E-state index in [9.17, 15) is 18.3 Å². The third-order valence-corrected chi connectivity index (χ3v) is 7.15. The molecule has 1 amide bonds. The van der Waals surface area contributed by atoms with Crippen LogP contribution in [0, 0.1) is 5.92 Å². The molecule has 2 aromatic carbocycles. The molecule has 0 aromatic heterocycles. The van der Waals surface area contributed by atoms with Gasteiger partial charge in [0.05, 0.1) is 11.6 Å². The number of hydrogen-bond acceptors (Lipinski definition) is 5. The summed E-state index contributed by atoms with van der Waals surface area (Å²) in [5.41, 5.74) is 1.86. The summed E-state index contributed by atoms with van der Waals surface area (Å²) in [7, 11) is -3.70. The summed E-state index contributed by atoms with van der Waals surface area (Å²) in [6.45, 7) is 7.21. The van der Waals surface area contributed by atoms with Crippen LogP contribution in [0.15, 0.2) is 51.8 Å². The minimum absolute atomic E-state index is 0.0224. The van der Waals surface area contributed by atoms with Gasteiger partial charge in [-0.2, -0.15) is 8.42 Å². The van der Waals surface area contributed by atoms with Gasteiger partial charge in [-0.15, -0.1) is 4.40 Å². The molecule has 0 spiro atoms. The lowest BCUT2D eigenvalue weighted by atomic mass is 9.86. The number of sulfonamides is 1. The van der Waals surface area contributed by atoms with E-state index >= 15 is 0 Å². The van der Waals surface area contributed by atoms with Crippen molar-refractivity contribution in [2.24, 2.45) is 10.3 Å². The second kappa shape index (κ2) is 7.67. The van der Waals surface area contributed by atoms with E-state index in [2.05, 4.69) is 30.5 Å². The minimum Gasteiger partial charge on any atom is -0.506 e. The first-order valence-electron chi connectivity index (χ1n) is 10.4. The molecule has 7 nitrogen and oxygen atoms in total. The molecule has 1 fully saturated rings. The van der Waals surface area contributed by atoms with Crippen LogP contribution in [0.25, 0.3) is 0 Å². The number of piperidine rings is 1. The third kappa shape index (κ3) is 4.17. The molecule has 2 aliphatic rings. The van der Waals surface area contributed by atoms with Crippen molar-refractivity contribution in [3.63, 3.8) is 0 Å². The van der Waals surface area contributed by atoms with Crippen molar-refractivity contribution >= 4 is 27.5 Å². The van der Waals surface area contributed by atoms with E-state index in [1.807, 2.05) is 11.0 Å². The van der Waals surface area contributed by atoms with Crippen molar-refractivity contribution < 1.29 is 18.3 Å². The van der Waals surface area contributed by atoms with Gasteiger partial charge in [0.2, 0.25) is 5.91 Å². The Morgan fingerprint density at radius 3 is 2.68 bits per heavy atom. The molecule has 1 saturated heterocycles. The first kappa shape index (κ1) is 21.4. The number of nitrogens with zero attached hydrogens (tertiary/aromatic N) is 2. The second-order valence-corrected chi connectivity index (χ2v) is 10.7. The standard InChI is InChI=1S/C23H27N3O4S/c1-23(2,3)16-10-11-19(27)18(13-16)24-22(28)15-7-6-12-26(14-15)21-17-8-4-5-9-20(17)31(29,30)25-21/h4-5,8-11,13,15,27H,6-7,12,14H2,1-3H3,(H,24,28)/t15-/m0/s1. The second-order valence-electron chi connectivity index (χ2n) is 9.14. The summed E-state index contributed by atoms with van der Waals surface area (Å²) in [5, 5.41) is 13.1. The lowest BCUT2D eigenvalue weighted by Crippen LogP contribution is -2.43. The number of phenols is 1. The molecule has 2 heterocycles. The molecular weight excluding hydrogens is 414 g/mol. The van der Waals surface area contributed by atoms with E-state index in [4.69, 9.17) is 0 Å². The van der Waals surface area contributed by atoms with Crippen LogP contribution < -0.4 is 5.32 Å². The van der Waals surface area contributed by atoms with Crippen LogP contribution in [0.1, 0.15) is 44.7 Å². The zero-order valence-corrected chi connectivity index (χ0v) is 18.7. The number of rotatable bonds is 2. The maximum atomic E-state index is 13.0. The van der Waals surface area contributed by atoms with Crippen molar-refractivity contribution in [3.05, 3.63) is 53.6 Å². The Morgan fingerprint density at radius 2 is 1.94 bits per heavy atom. The molecule has 0 aliphatic carbocycles. The van der Waals surface area contributed by atoms with Gasteiger partial charge in [-0.1, -0.05) is 39.0 Å². The zero-order valence-electron chi connectivity index (χ0n) is 17.9. The summed E-state index contributed by atoms with van der Waals surface area (Å²) in [4.78, 5) is 15.1. The van der Waals surface area contributed by atoms with Gasteiger partial charge < -0.3 is 15.3 Å². The molecule has 164 valence electrons. The number of carbonyl (C=O) groups excluding carboxylic acids is 1. The number of benzene rings is 2. The van der Waals surface area contributed by atoms with Gasteiger partial charge in [0, 0.05) is 18.7 Å². The molecule has 1 atom stereocenters. The van der Waals surface area contributed by atoms with Crippen LogP contribution in [0.4, 0.5) is 5.69 Å². The minimum atomic E-state index is -3.70. The highest BCUT2D eigenvalue weighted by Gasteiger charge is 2.35. The van der Waals surface area contributed by atoms with E-state index in [1.54, 1.807) is 36.4 Å². The van der Waals surface area contributed by atoms with Gasteiger partial charge in [0.1, 0.15) is 10.6 Å². The highest BCUT2D eigenvalue weighted by molar-refractivity contribution is 7.90. The largest absolute Gasteiger partial charge is 0.506 e. The number of aromatic hydroxyl groups is 1. The quantitative estimate of drug-likeness (QED) is 0.695. The SMILES string of the molecule is CC(C)(C)c1ccc(O)c(NC(=O)[C@H]2CCCN(C3=NS(=O)(=O)c4ccccc43)C2)c1. The molecule has 0 saturated carbocycles. The summed E-state index contributed by atoms with van der Waals surface area (Å²) in [5.74, 6) is -0.106. The van der Waals surface area contributed by atoms with Crippen LogP contribution in [-0.4, -0.2) is 43.3 Å². The van der Waals surface area contributed by atoms with Crippen LogP contribution in [0.3, 0.4) is 0 Å². The van der Waals surface area contributed by atoms with Gasteiger partial charge in [-0.25, -0.2) is 0 Å². The molecule has 31 heavy (non-hydrogen) atoms. The molecule has 2 aromatic rings. The Hall–Kier alpha value is -2.87. The molecule has 0 bridgehead atoms. The molecule has 2 aliphatic heterocycles. The number of amidine groups is 1. The topological polar surface area (TPSA) is 99.1 Å². The Labute approximate surface area is 182 Å². The van der Waals surface area contributed by atoms with Gasteiger partial charge in [-0.3, -0.25) is 4.79 Å². The monoisotopic (exact) mass is 441 g/mol. The smallest absolute Gasteiger partial charge is 0.285 e. The Kier molecular flexibility index (Phi) is 5.29. The van der Waals surface area contributed by atoms with E-state index in [-0.39, 0.29) is 27.9 Å². The maximum absolute atomic E-state index is 13.0. The number of fused-ring (bicyclic) bond motifs is 1. The van der Waals surface area contributed by atoms with Gasteiger partial charge in [0.15, 0.2) is 5.84 Å². The molecule has 8 heteroatoms. The van der Waals surface area contributed by atoms with Gasteiger partial charge in [0.25, 0.3) is 10.0 Å². The van der Waals surface area contributed by atoms with Crippen molar-refractivity contribution in [1.29, 1.82) is 0 Å². The third-order valence-electron chi connectivity index (χ3n) is 5.82. The number of hydrogen-bond donors (Lipinski definition) is 2. The van der Waals surface area contributed by atoms with E-state index < -0.39 is 10.0 Å². The Morgan fingerprint density at radius 1 is 1.19 bits per heavy atom. The fourth-order valence-corrected chi connectivity index (χ4v) is 5.27. The highest BCUT2D eigenvalue weighted by Crippen LogP contribution is 2.33. The van der Waals surface area contributed by atoms with Crippen LogP contribution in [-0.2, 0) is 20.2 Å². The number of likely N-dealkylation sites (tertiary alicyclic amines) is 1. The summed E-state index contributed by atoms with van der Waals surface area (Å²) < 4.78 is 28.8. The van der Waals surface area contributed by atoms with Crippen LogP contribution in [0.5, 0.6) is 5.75 Å². The van der Waals surface area contributed by atoms with Crippen molar-refractivity contribution in [2.45, 2.75) is 43.9 Å². The number of phenolic OH excluding ortho intramolecular Hbond substituents is 1. The molecule has 4 rings (SSSR count). The van der Waals surface area contributed by atoms with Crippen molar-refractivity contribution in [1.82, 2.24) is 4.90 Å². The number of carbonyl (C=O) groups is 1. The van der Waals surface area contributed by atoms with E-state index in [1.165, 1.54) is 0 Å². The maximum Gasteiger partial charge on any atom is 0.285 e. The average molecular weight is 442 g/mol. The predicted molar refractivity (Wildman–Crippen MR) is 120 cm³/mol. The van der Waals surface area contributed by atoms with Crippen LogP contribution >= 0.6 is 0 Å². The van der Waals surface area contributed by atoms with Gasteiger partial charge in [-0.05, 0) is 48.1 Å². The number of anilines is 1. The summed E-state index contributed by atoms with van der Waals surface area (Å²) in [6, 6.07) is 12.0. The Bertz CT molecular complexity index is 1170. The van der Waals surface area contributed by atoms with Crippen LogP contribution in [0.2, 0.25) is 0 Å². The predicted octanol–water partition coefficient (Wildman–Crippen LogP) is 3.49. The zero-order chi connectivity index (χ0) is 22.4. The fraction of sp³-hybridized carbons (Fsp3) is 0.391. The number of amides is 1. The van der Waals surface area contributed by atoms with Crippen molar-refractivity contribution in [3.8, 4) is 5.75 Å². The fourth-order valence-electron chi connectivity index (χ4n) is 4.04. The first-order chi connectivity index (χ1) is 14.6. The summed E-state index contributed by atoms with van der Waals surface area (Å²) in [6.07, 6.45) is 1.43. The van der Waals surface area contributed by atoms with Crippen molar-refractivity contribution in [2.75, 3.05) is 18.4 Å².